The number of ether oxygens (including phenoxy) is 2. The number of piperidine rings is 1. The Hall–Kier alpha value is -1.79. The molecule has 0 unspecified atom stereocenters. The average Bonchev–Trinajstić information content (AvgIpc) is 2.65. The molecule has 1 amide bonds. The number of amides is 1. The van der Waals surface area contributed by atoms with Crippen LogP contribution in [0.15, 0.2) is 18.2 Å². The summed E-state index contributed by atoms with van der Waals surface area (Å²) in [5, 5.41) is 3.31. The molecule has 1 heterocycles. The van der Waals surface area contributed by atoms with E-state index in [1.807, 2.05) is 7.05 Å². The minimum absolute atomic E-state index is 0. The Morgan fingerprint density at radius 2 is 1.78 bits per heavy atom. The van der Waals surface area contributed by atoms with E-state index in [1.165, 1.54) is 26.4 Å². The maximum absolute atomic E-state index is 13.0. The third kappa shape index (κ3) is 5.36. The predicted molar refractivity (Wildman–Crippen MR) is 106 cm³/mol. The van der Waals surface area contributed by atoms with E-state index in [1.54, 1.807) is 23.1 Å². The number of hydrogen-bond acceptors (Lipinski definition) is 5. The molecule has 150 valence electrons. The molecule has 1 saturated heterocycles. The van der Waals surface area contributed by atoms with E-state index in [2.05, 4.69) is 5.32 Å². The molecule has 1 aromatic carbocycles. The van der Waals surface area contributed by atoms with Crippen molar-refractivity contribution < 1.29 is 19.1 Å². The summed E-state index contributed by atoms with van der Waals surface area (Å²) in [6, 6.07) is 5.21. The summed E-state index contributed by atoms with van der Waals surface area (Å²) >= 11 is 0. The zero-order chi connectivity index (χ0) is 18.5. The van der Waals surface area contributed by atoms with Gasteiger partial charge in [0.05, 0.1) is 19.3 Å². The van der Waals surface area contributed by atoms with Crippen LogP contribution < -0.4 is 10.1 Å². The molecule has 27 heavy (non-hydrogen) atoms. The second-order valence-corrected chi connectivity index (χ2v) is 7.24. The lowest BCUT2D eigenvalue weighted by Crippen LogP contribution is -2.44. The molecule has 2 aliphatic rings. The van der Waals surface area contributed by atoms with E-state index in [9.17, 15) is 9.59 Å². The van der Waals surface area contributed by atoms with E-state index in [-0.39, 0.29) is 24.4 Å². The van der Waals surface area contributed by atoms with Gasteiger partial charge in [0.2, 0.25) is 0 Å². The Labute approximate surface area is 167 Å². The Bertz CT molecular complexity index is 657. The van der Waals surface area contributed by atoms with Crippen LogP contribution in [-0.4, -0.2) is 56.7 Å². The Morgan fingerprint density at radius 1 is 1.11 bits per heavy atom. The minimum atomic E-state index is -0.460. The molecule has 6 nitrogen and oxygen atoms in total. The van der Waals surface area contributed by atoms with Crippen molar-refractivity contribution in [2.45, 2.75) is 38.1 Å². The molecule has 0 aromatic heterocycles. The normalized spacial score (nSPS) is 17.4. The third-order valence-corrected chi connectivity index (χ3v) is 5.46. The van der Waals surface area contributed by atoms with Gasteiger partial charge >= 0.3 is 5.97 Å². The molecule has 1 N–H and O–H groups in total. The van der Waals surface area contributed by atoms with Gasteiger partial charge in [0.1, 0.15) is 5.75 Å². The maximum atomic E-state index is 13.0. The average molecular weight is 397 g/mol. The van der Waals surface area contributed by atoms with Crippen LogP contribution in [0.4, 0.5) is 0 Å². The number of rotatable bonds is 6. The Kier molecular flexibility index (Phi) is 7.92. The fraction of sp³-hybridized carbons (Fsp3) is 0.600. The number of nitrogens with one attached hydrogen (secondary N) is 1. The number of carbonyl (C=O) groups excluding carboxylic acids is 2. The number of hydrogen-bond donors (Lipinski definition) is 1. The fourth-order valence-electron chi connectivity index (χ4n) is 3.48. The Balaban J connectivity index is 0.00000261. The lowest BCUT2D eigenvalue weighted by molar-refractivity contribution is 0.0600. The number of nitrogens with zero attached hydrogens (tertiary/aromatic N) is 1. The van der Waals surface area contributed by atoms with Gasteiger partial charge in [-0.2, -0.15) is 0 Å². The van der Waals surface area contributed by atoms with Crippen LogP contribution in [-0.2, 0) is 4.74 Å². The first-order valence-electron chi connectivity index (χ1n) is 9.42. The van der Waals surface area contributed by atoms with Gasteiger partial charge in [-0.05, 0) is 62.9 Å². The molecule has 1 saturated carbocycles. The topological polar surface area (TPSA) is 67.9 Å². The van der Waals surface area contributed by atoms with E-state index >= 15 is 0 Å². The lowest BCUT2D eigenvalue weighted by Gasteiger charge is -2.32. The largest absolute Gasteiger partial charge is 0.493 e. The molecule has 0 spiro atoms. The summed E-state index contributed by atoms with van der Waals surface area (Å²) < 4.78 is 10.7. The van der Waals surface area contributed by atoms with Gasteiger partial charge in [-0.1, -0.05) is 6.42 Å². The molecular formula is C20H29ClN2O4. The SMILES string of the molecule is COC(=O)c1cc(OCC2CCC2)cc(C(=O)N(C)C2CCNCC2)c1.Cl. The highest BCUT2D eigenvalue weighted by Crippen LogP contribution is 2.28. The van der Waals surface area contributed by atoms with Crippen LogP contribution in [0.25, 0.3) is 0 Å². The van der Waals surface area contributed by atoms with Crippen molar-refractivity contribution in [3.8, 4) is 5.75 Å². The zero-order valence-corrected chi connectivity index (χ0v) is 16.8. The lowest BCUT2D eigenvalue weighted by atomic mass is 9.86. The molecule has 0 radical (unpaired) electrons. The van der Waals surface area contributed by atoms with Crippen molar-refractivity contribution in [2.24, 2.45) is 5.92 Å². The van der Waals surface area contributed by atoms with Crippen LogP contribution in [0.3, 0.4) is 0 Å². The molecule has 2 fully saturated rings. The number of esters is 1. The van der Waals surface area contributed by atoms with E-state index in [0.29, 0.717) is 29.4 Å². The highest BCUT2D eigenvalue weighted by atomic mass is 35.5. The van der Waals surface area contributed by atoms with Crippen molar-refractivity contribution in [1.82, 2.24) is 10.2 Å². The van der Waals surface area contributed by atoms with Crippen LogP contribution in [0.5, 0.6) is 5.75 Å². The number of halogens is 1. The van der Waals surface area contributed by atoms with Gasteiger partial charge in [0, 0.05) is 18.7 Å². The predicted octanol–water partition coefficient (Wildman–Crippen LogP) is 2.90. The van der Waals surface area contributed by atoms with E-state index < -0.39 is 5.97 Å². The van der Waals surface area contributed by atoms with Gasteiger partial charge in [0.25, 0.3) is 5.91 Å². The van der Waals surface area contributed by atoms with Gasteiger partial charge in [-0.25, -0.2) is 4.79 Å². The van der Waals surface area contributed by atoms with Crippen molar-refractivity contribution in [3.63, 3.8) is 0 Å². The molecule has 3 rings (SSSR count). The van der Waals surface area contributed by atoms with Crippen molar-refractivity contribution >= 4 is 24.3 Å². The maximum Gasteiger partial charge on any atom is 0.338 e. The van der Waals surface area contributed by atoms with Crippen LogP contribution in [0.2, 0.25) is 0 Å². The standard InChI is InChI=1S/C20H28N2O4.ClH/c1-22(17-6-8-21-9-7-17)19(23)15-10-16(20(24)25-2)12-18(11-15)26-13-14-4-3-5-14;/h10-12,14,17,21H,3-9,13H2,1-2H3;1H. The summed E-state index contributed by atoms with van der Waals surface area (Å²) in [5.74, 6) is 0.587. The number of carbonyl (C=O) groups is 2. The summed E-state index contributed by atoms with van der Waals surface area (Å²) in [7, 11) is 3.17. The molecule has 1 aromatic rings. The summed E-state index contributed by atoms with van der Waals surface area (Å²) in [4.78, 5) is 26.8. The second kappa shape index (κ2) is 9.95. The monoisotopic (exact) mass is 396 g/mol. The van der Waals surface area contributed by atoms with Crippen LogP contribution >= 0.6 is 12.4 Å². The van der Waals surface area contributed by atoms with Crippen molar-refractivity contribution in [2.75, 3.05) is 33.9 Å². The van der Waals surface area contributed by atoms with Gasteiger partial charge in [0.15, 0.2) is 0 Å². The molecule has 1 aliphatic heterocycles. The molecular weight excluding hydrogens is 368 g/mol. The zero-order valence-electron chi connectivity index (χ0n) is 16.0. The highest BCUT2D eigenvalue weighted by molar-refractivity contribution is 5.98. The van der Waals surface area contributed by atoms with Gasteiger partial charge in [-0.3, -0.25) is 4.79 Å². The van der Waals surface area contributed by atoms with E-state index in [4.69, 9.17) is 9.47 Å². The number of methoxy groups -OCH3 is 1. The molecule has 7 heteroatoms. The minimum Gasteiger partial charge on any atom is -0.493 e. The van der Waals surface area contributed by atoms with Crippen LogP contribution in [0, 0.1) is 5.92 Å². The first-order valence-corrected chi connectivity index (χ1v) is 9.42. The first-order chi connectivity index (χ1) is 12.6. The van der Waals surface area contributed by atoms with Gasteiger partial charge in [-0.15, -0.1) is 12.4 Å². The first kappa shape index (κ1) is 21.5. The smallest absolute Gasteiger partial charge is 0.338 e. The molecule has 0 atom stereocenters. The summed E-state index contributed by atoms with van der Waals surface area (Å²) in [5.41, 5.74) is 0.818. The highest BCUT2D eigenvalue weighted by Gasteiger charge is 2.25. The van der Waals surface area contributed by atoms with Crippen molar-refractivity contribution in [1.29, 1.82) is 0 Å². The quantitative estimate of drug-likeness (QED) is 0.749. The second-order valence-electron chi connectivity index (χ2n) is 7.24. The van der Waals surface area contributed by atoms with Crippen molar-refractivity contribution in [3.05, 3.63) is 29.3 Å². The molecule has 1 aliphatic carbocycles. The van der Waals surface area contributed by atoms with E-state index in [0.717, 1.165) is 25.9 Å². The fourth-order valence-corrected chi connectivity index (χ4v) is 3.48. The summed E-state index contributed by atoms with van der Waals surface area (Å²) in [6.45, 7) is 2.46. The number of benzene rings is 1. The van der Waals surface area contributed by atoms with Crippen LogP contribution in [0.1, 0.15) is 52.8 Å². The Morgan fingerprint density at radius 3 is 2.37 bits per heavy atom. The van der Waals surface area contributed by atoms with Gasteiger partial charge < -0.3 is 19.7 Å². The summed E-state index contributed by atoms with van der Waals surface area (Å²) in [6.07, 6.45) is 5.48. The molecule has 0 bridgehead atoms. The third-order valence-electron chi connectivity index (χ3n) is 5.46.